The van der Waals surface area contributed by atoms with Crippen molar-refractivity contribution in [2.24, 2.45) is 7.05 Å². The standard InChI is InChI=1S/C21H21Cl2N3O2/c1-13-3-6-18-17(11-13)24-19(25(18)2)12-15-16(22)5-4-14(20(15)23)21(27)26-7-9-28-10-8-26/h3-6,11H,7-10,12H2,1-2H3. The maximum atomic E-state index is 12.9. The van der Waals surface area contributed by atoms with Crippen LogP contribution in [0.5, 0.6) is 0 Å². The van der Waals surface area contributed by atoms with Crippen molar-refractivity contribution in [3.63, 3.8) is 0 Å². The van der Waals surface area contributed by atoms with Crippen molar-refractivity contribution < 1.29 is 9.53 Å². The quantitative estimate of drug-likeness (QED) is 0.639. The van der Waals surface area contributed by atoms with Gasteiger partial charge in [0, 0.05) is 31.6 Å². The minimum Gasteiger partial charge on any atom is -0.378 e. The zero-order valence-corrected chi connectivity index (χ0v) is 17.3. The normalized spacial score (nSPS) is 14.6. The molecule has 28 heavy (non-hydrogen) atoms. The first kappa shape index (κ1) is 19.2. The number of hydrogen-bond acceptors (Lipinski definition) is 3. The van der Waals surface area contributed by atoms with Crippen LogP contribution in [0.15, 0.2) is 30.3 Å². The molecule has 1 aromatic heterocycles. The van der Waals surface area contributed by atoms with E-state index >= 15 is 0 Å². The SMILES string of the molecule is Cc1ccc2c(c1)nc(Cc1c(Cl)ccc(C(=O)N3CCOCC3)c1Cl)n2C. The van der Waals surface area contributed by atoms with Gasteiger partial charge in [-0.05, 0) is 42.3 Å². The summed E-state index contributed by atoms with van der Waals surface area (Å²) in [5.74, 6) is 0.757. The Labute approximate surface area is 173 Å². The molecule has 0 bridgehead atoms. The molecule has 0 spiro atoms. The number of aryl methyl sites for hydroxylation is 2. The van der Waals surface area contributed by atoms with Gasteiger partial charge >= 0.3 is 0 Å². The molecule has 0 aliphatic carbocycles. The van der Waals surface area contributed by atoms with Gasteiger partial charge in [-0.25, -0.2) is 4.98 Å². The van der Waals surface area contributed by atoms with Gasteiger partial charge in [-0.1, -0.05) is 29.3 Å². The van der Waals surface area contributed by atoms with E-state index in [0.29, 0.717) is 48.3 Å². The second-order valence-corrected chi connectivity index (χ2v) is 7.83. The number of carbonyl (C=O) groups is 1. The monoisotopic (exact) mass is 417 g/mol. The summed E-state index contributed by atoms with van der Waals surface area (Å²) in [7, 11) is 1.98. The Hall–Kier alpha value is -2.08. The minimum absolute atomic E-state index is 0.0909. The van der Waals surface area contributed by atoms with Crippen molar-refractivity contribution in [1.82, 2.24) is 14.5 Å². The third-order valence-corrected chi connectivity index (χ3v) is 5.96. The Balaban J connectivity index is 1.70. The zero-order chi connectivity index (χ0) is 19.8. The highest BCUT2D eigenvalue weighted by Gasteiger charge is 2.23. The highest BCUT2D eigenvalue weighted by atomic mass is 35.5. The lowest BCUT2D eigenvalue weighted by Crippen LogP contribution is -2.40. The summed E-state index contributed by atoms with van der Waals surface area (Å²) >= 11 is 13.1. The number of morpholine rings is 1. The third-order valence-electron chi connectivity index (χ3n) is 5.18. The maximum Gasteiger partial charge on any atom is 0.255 e. The number of aromatic nitrogens is 2. The van der Waals surface area contributed by atoms with Crippen LogP contribution < -0.4 is 0 Å². The van der Waals surface area contributed by atoms with Crippen molar-refractivity contribution in [1.29, 1.82) is 0 Å². The molecule has 1 aliphatic heterocycles. The van der Waals surface area contributed by atoms with Crippen LogP contribution in [-0.2, 0) is 18.2 Å². The molecule has 1 fully saturated rings. The van der Waals surface area contributed by atoms with E-state index in [2.05, 4.69) is 18.2 Å². The first-order valence-electron chi connectivity index (χ1n) is 9.21. The molecule has 0 saturated carbocycles. The predicted octanol–water partition coefficient (Wildman–Crippen LogP) is 4.25. The molecule has 1 aliphatic rings. The van der Waals surface area contributed by atoms with Gasteiger partial charge in [0.2, 0.25) is 0 Å². The molecule has 4 rings (SSSR count). The van der Waals surface area contributed by atoms with Gasteiger partial charge in [0.25, 0.3) is 5.91 Å². The van der Waals surface area contributed by atoms with E-state index in [9.17, 15) is 4.79 Å². The number of rotatable bonds is 3. The second-order valence-electron chi connectivity index (χ2n) is 7.05. The van der Waals surface area contributed by atoms with Crippen molar-refractivity contribution in [3.8, 4) is 0 Å². The highest BCUT2D eigenvalue weighted by Crippen LogP contribution is 2.32. The van der Waals surface area contributed by atoms with E-state index in [0.717, 1.165) is 28.0 Å². The number of ether oxygens (including phenoxy) is 1. The van der Waals surface area contributed by atoms with Gasteiger partial charge in [-0.15, -0.1) is 0 Å². The molecule has 1 amide bonds. The van der Waals surface area contributed by atoms with Crippen LogP contribution in [0, 0.1) is 6.92 Å². The number of fused-ring (bicyclic) bond motifs is 1. The summed E-state index contributed by atoms with van der Waals surface area (Å²) in [6, 6.07) is 9.62. The van der Waals surface area contributed by atoms with Crippen LogP contribution in [0.1, 0.15) is 27.3 Å². The molecular formula is C21H21Cl2N3O2. The molecule has 0 atom stereocenters. The predicted molar refractivity (Wildman–Crippen MR) is 111 cm³/mol. The van der Waals surface area contributed by atoms with Crippen LogP contribution in [0.2, 0.25) is 10.0 Å². The molecule has 0 radical (unpaired) electrons. The number of nitrogens with zero attached hydrogens (tertiary/aromatic N) is 3. The summed E-state index contributed by atoms with van der Waals surface area (Å²) < 4.78 is 7.37. The Morgan fingerprint density at radius 1 is 1.18 bits per heavy atom. The number of imidazole rings is 1. The van der Waals surface area contributed by atoms with Gasteiger partial charge < -0.3 is 14.2 Å². The van der Waals surface area contributed by atoms with E-state index in [4.69, 9.17) is 32.9 Å². The fourth-order valence-corrected chi connectivity index (χ4v) is 4.12. The van der Waals surface area contributed by atoms with Gasteiger partial charge in [-0.3, -0.25) is 4.79 Å². The lowest BCUT2D eigenvalue weighted by molar-refractivity contribution is 0.0303. The molecule has 2 heterocycles. The average Bonchev–Trinajstić information content (AvgIpc) is 3.00. The van der Waals surface area contributed by atoms with Gasteiger partial charge in [0.15, 0.2) is 0 Å². The van der Waals surface area contributed by atoms with E-state index in [1.807, 2.05) is 18.5 Å². The summed E-state index contributed by atoms with van der Waals surface area (Å²) in [6.45, 7) is 4.27. The number of hydrogen-bond donors (Lipinski definition) is 0. The largest absolute Gasteiger partial charge is 0.378 e. The summed E-state index contributed by atoms with van der Waals surface area (Å²) in [5.41, 5.74) is 4.33. The Morgan fingerprint density at radius 3 is 2.68 bits per heavy atom. The van der Waals surface area contributed by atoms with Gasteiger partial charge in [-0.2, -0.15) is 0 Å². The fraction of sp³-hybridized carbons (Fsp3) is 0.333. The molecule has 3 aromatic rings. The van der Waals surface area contributed by atoms with Gasteiger partial charge in [0.05, 0.1) is 34.8 Å². The molecule has 2 aromatic carbocycles. The van der Waals surface area contributed by atoms with Crippen molar-refractivity contribution in [3.05, 3.63) is 62.9 Å². The first-order chi connectivity index (χ1) is 13.5. The molecule has 1 saturated heterocycles. The van der Waals surface area contributed by atoms with E-state index < -0.39 is 0 Å². The number of benzene rings is 2. The van der Waals surface area contributed by atoms with E-state index in [1.165, 1.54) is 0 Å². The molecular weight excluding hydrogens is 397 g/mol. The van der Waals surface area contributed by atoms with Crippen LogP contribution >= 0.6 is 23.2 Å². The van der Waals surface area contributed by atoms with Crippen LogP contribution in [-0.4, -0.2) is 46.7 Å². The summed E-state index contributed by atoms with van der Waals surface area (Å²) in [4.78, 5) is 19.4. The highest BCUT2D eigenvalue weighted by molar-refractivity contribution is 6.38. The molecule has 7 heteroatoms. The number of halogens is 2. The van der Waals surface area contributed by atoms with Gasteiger partial charge in [0.1, 0.15) is 5.82 Å². The number of carbonyl (C=O) groups excluding carboxylic acids is 1. The maximum absolute atomic E-state index is 12.9. The Bertz CT molecular complexity index is 1060. The zero-order valence-electron chi connectivity index (χ0n) is 15.8. The molecule has 146 valence electrons. The second kappa shape index (κ2) is 7.74. The number of amides is 1. The van der Waals surface area contributed by atoms with E-state index in [-0.39, 0.29) is 5.91 Å². The van der Waals surface area contributed by atoms with Crippen LogP contribution in [0.3, 0.4) is 0 Å². The minimum atomic E-state index is -0.0909. The molecule has 0 unspecified atom stereocenters. The van der Waals surface area contributed by atoms with Crippen molar-refractivity contribution in [2.75, 3.05) is 26.3 Å². The topological polar surface area (TPSA) is 47.4 Å². The van der Waals surface area contributed by atoms with Crippen LogP contribution in [0.25, 0.3) is 11.0 Å². The van der Waals surface area contributed by atoms with E-state index in [1.54, 1.807) is 17.0 Å². The van der Waals surface area contributed by atoms with Crippen molar-refractivity contribution >= 4 is 40.1 Å². The van der Waals surface area contributed by atoms with Crippen LogP contribution in [0.4, 0.5) is 0 Å². The van der Waals surface area contributed by atoms with Crippen molar-refractivity contribution in [2.45, 2.75) is 13.3 Å². The lowest BCUT2D eigenvalue weighted by atomic mass is 10.1. The summed E-state index contributed by atoms with van der Waals surface area (Å²) in [5, 5.41) is 0.930. The lowest BCUT2D eigenvalue weighted by Gasteiger charge is -2.27. The Kier molecular flexibility index (Phi) is 5.32. The molecule has 5 nitrogen and oxygen atoms in total. The molecule has 0 N–H and O–H groups in total. The first-order valence-corrected chi connectivity index (χ1v) is 9.97. The Morgan fingerprint density at radius 2 is 1.93 bits per heavy atom. The third kappa shape index (κ3) is 3.50. The summed E-state index contributed by atoms with van der Waals surface area (Å²) in [6.07, 6.45) is 0.451. The average molecular weight is 418 g/mol. The smallest absolute Gasteiger partial charge is 0.255 e. The fourth-order valence-electron chi connectivity index (χ4n) is 3.54.